The average Bonchev–Trinajstić information content (AvgIpc) is 3.13. The molecular formula is C22H27N5O2S. The lowest BCUT2D eigenvalue weighted by Gasteiger charge is -2.30. The van der Waals surface area contributed by atoms with Crippen LogP contribution in [0.5, 0.6) is 0 Å². The smallest absolute Gasteiger partial charge is 0.223 e. The van der Waals surface area contributed by atoms with Gasteiger partial charge in [0.25, 0.3) is 0 Å². The van der Waals surface area contributed by atoms with E-state index in [0.29, 0.717) is 25.0 Å². The quantitative estimate of drug-likeness (QED) is 0.679. The van der Waals surface area contributed by atoms with Gasteiger partial charge in [-0.3, -0.25) is 0 Å². The van der Waals surface area contributed by atoms with E-state index in [9.17, 15) is 8.42 Å². The molecule has 2 aliphatic rings. The second-order valence-electron chi connectivity index (χ2n) is 8.40. The van der Waals surface area contributed by atoms with Gasteiger partial charge in [-0.1, -0.05) is 18.2 Å². The highest BCUT2D eigenvalue weighted by Gasteiger charge is 2.25. The molecule has 0 bridgehead atoms. The standard InChI is InChI=1S/C22H27N5O2S/c1-30(28,29)27-12-8-16(9-13-27)14-24-22-23-10-7-20(25-22)19-15-26-11-3-5-17-4-2-6-18(19)21(17)26/h2,4,6-7,10,15-16H,3,5,8-9,11-14H2,1H3,(H,23,24,25). The molecule has 0 unspecified atom stereocenters. The fraction of sp³-hybridized carbons (Fsp3) is 0.455. The number of nitrogens with zero attached hydrogens (tertiary/aromatic N) is 4. The summed E-state index contributed by atoms with van der Waals surface area (Å²) in [5.41, 5.74) is 4.84. The molecule has 158 valence electrons. The van der Waals surface area contributed by atoms with Gasteiger partial charge < -0.3 is 9.88 Å². The fourth-order valence-corrected chi connectivity index (χ4v) is 5.61. The predicted octanol–water partition coefficient (Wildman–Crippen LogP) is 3.13. The summed E-state index contributed by atoms with van der Waals surface area (Å²) in [5, 5.41) is 4.63. The van der Waals surface area contributed by atoms with Crippen molar-refractivity contribution in [1.82, 2.24) is 18.8 Å². The molecule has 3 aromatic rings. The summed E-state index contributed by atoms with van der Waals surface area (Å²) in [5.74, 6) is 1.05. The summed E-state index contributed by atoms with van der Waals surface area (Å²) < 4.78 is 27.3. The Morgan fingerprint density at radius 3 is 2.80 bits per heavy atom. The zero-order valence-electron chi connectivity index (χ0n) is 17.2. The molecule has 0 atom stereocenters. The van der Waals surface area contributed by atoms with E-state index >= 15 is 0 Å². The van der Waals surface area contributed by atoms with E-state index in [4.69, 9.17) is 4.98 Å². The fourth-order valence-electron chi connectivity index (χ4n) is 4.73. The molecule has 7 nitrogen and oxygen atoms in total. The van der Waals surface area contributed by atoms with Crippen molar-refractivity contribution in [1.29, 1.82) is 0 Å². The third-order valence-corrected chi connectivity index (χ3v) is 7.65. The largest absolute Gasteiger partial charge is 0.354 e. The number of piperidine rings is 1. The lowest BCUT2D eigenvalue weighted by atomic mass is 9.98. The lowest BCUT2D eigenvalue weighted by molar-refractivity contribution is 0.283. The van der Waals surface area contributed by atoms with Gasteiger partial charge in [-0.05, 0) is 43.2 Å². The van der Waals surface area contributed by atoms with Crippen molar-refractivity contribution in [3.8, 4) is 11.3 Å². The van der Waals surface area contributed by atoms with Gasteiger partial charge in [-0.15, -0.1) is 0 Å². The molecule has 1 aromatic carbocycles. The normalized spacial score (nSPS) is 18.0. The molecule has 30 heavy (non-hydrogen) atoms. The number of aromatic nitrogens is 3. The highest BCUT2D eigenvalue weighted by molar-refractivity contribution is 7.88. The molecule has 8 heteroatoms. The van der Waals surface area contributed by atoms with E-state index in [-0.39, 0.29) is 0 Å². The number of nitrogens with one attached hydrogen (secondary N) is 1. The van der Waals surface area contributed by atoms with Crippen LogP contribution < -0.4 is 5.32 Å². The molecule has 1 saturated heterocycles. The third kappa shape index (κ3) is 3.70. The van der Waals surface area contributed by atoms with Crippen molar-refractivity contribution in [3.05, 3.63) is 42.2 Å². The minimum absolute atomic E-state index is 0.425. The van der Waals surface area contributed by atoms with Crippen molar-refractivity contribution in [2.45, 2.75) is 32.2 Å². The van der Waals surface area contributed by atoms with E-state index in [1.165, 1.54) is 29.1 Å². The molecule has 1 N–H and O–H groups in total. The molecular weight excluding hydrogens is 398 g/mol. The molecule has 5 rings (SSSR count). The maximum absolute atomic E-state index is 11.7. The van der Waals surface area contributed by atoms with Crippen molar-refractivity contribution in [2.75, 3.05) is 31.2 Å². The monoisotopic (exact) mass is 425 g/mol. The first-order valence-electron chi connectivity index (χ1n) is 10.6. The molecule has 2 aromatic heterocycles. The van der Waals surface area contributed by atoms with Crippen LogP contribution in [0.3, 0.4) is 0 Å². The van der Waals surface area contributed by atoms with Gasteiger partial charge in [0.1, 0.15) is 0 Å². The van der Waals surface area contributed by atoms with Crippen molar-refractivity contribution in [3.63, 3.8) is 0 Å². The number of hydrogen-bond acceptors (Lipinski definition) is 5. The second kappa shape index (κ2) is 7.67. The summed E-state index contributed by atoms with van der Waals surface area (Å²) in [6, 6.07) is 8.52. The van der Waals surface area contributed by atoms with E-state index in [1.54, 1.807) is 4.31 Å². The lowest BCUT2D eigenvalue weighted by Crippen LogP contribution is -2.39. The summed E-state index contributed by atoms with van der Waals surface area (Å²) in [6.45, 7) is 2.99. The Bertz CT molecular complexity index is 1180. The molecule has 0 aliphatic carbocycles. The van der Waals surface area contributed by atoms with Crippen LogP contribution in [-0.2, 0) is 23.0 Å². The third-order valence-electron chi connectivity index (χ3n) is 6.35. The van der Waals surface area contributed by atoms with Gasteiger partial charge in [0.15, 0.2) is 0 Å². The average molecular weight is 426 g/mol. The summed E-state index contributed by atoms with van der Waals surface area (Å²) in [7, 11) is -3.08. The zero-order chi connectivity index (χ0) is 20.7. The number of aryl methyl sites for hydroxylation is 2. The summed E-state index contributed by atoms with van der Waals surface area (Å²) >= 11 is 0. The Morgan fingerprint density at radius 1 is 1.17 bits per heavy atom. The van der Waals surface area contributed by atoms with Gasteiger partial charge in [-0.2, -0.15) is 0 Å². The van der Waals surface area contributed by atoms with Crippen LogP contribution in [0.2, 0.25) is 0 Å². The maximum atomic E-state index is 11.7. The minimum atomic E-state index is -3.08. The second-order valence-corrected chi connectivity index (χ2v) is 10.4. The van der Waals surface area contributed by atoms with Crippen LogP contribution in [0.25, 0.3) is 22.2 Å². The van der Waals surface area contributed by atoms with Crippen LogP contribution in [0.4, 0.5) is 5.95 Å². The molecule has 0 saturated carbocycles. The number of para-hydroxylation sites is 1. The number of anilines is 1. The van der Waals surface area contributed by atoms with Crippen LogP contribution in [0, 0.1) is 5.92 Å². The van der Waals surface area contributed by atoms with E-state index in [0.717, 1.165) is 43.6 Å². The van der Waals surface area contributed by atoms with Gasteiger partial charge in [0, 0.05) is 49.5 Å². The summed E-state index contributed by atoms with van der Waals surface area (Å²) in [6.07, 6.45) is 9.34. The maximum Gasteiger partial charge on any atom is 0.223 e. The predicted molar refractivity (Wildman–Crippen MR) is 119 cm³/mol. The molecule has 1 fully saturated rings. The van der Waals surface area contributed by atoms with Gasteiger partial charge in [0.05, 0.1) is 17.5 Å². The molecule has 0 radical (unpaired) electrons. The van der Waals surface area contributed by atoms with Gasteiger partial charge >= 0.3 is 0 Å². The Labute approximate surface area is 177 Å². The highest BCUT2D eigenvalue weighted by atomic mass is 32.2. The first-order valence-corrected chi connectivity index (χ1v) is 12.5. The van der Waals surface area contributed by atoms with Crippen LogP contribution in [0.1, 0.15) is 24.8 Å². The van der Waals surface area contributed by atoms with Crippen LogP contribution >= 0.6 is 0 Å². The zero-order valence-corrected chi connectivity index (χ0v) is 18.0. The Morgan fingerprint density at radius 2 is 2.00 bits per heavy atom. The van der Waals surface area contributed by atoms with Crippen molar-refractivity contribution < 1.29 is 8.42 Å². The van der Waals surface area contributed by atoms with Gasteiger partial charge in [-0.25, -0.2) is 22.7 Å². The number of rotatable bonds is 5. The van der Waals surface area contributed by atoms with E-state index in [1.807, 2.05) is 12.3 Å². The first kappa shape index (κ1) is 19.5. The SMILES string of the molecule is CS(=O)(=O)N1CCC(CNc2nccc(-c3cn4c5c(cccc35)CCC4)n2)CC1. The van der Waals surface area contributed by atoms with Crippen LogP contribution in [0.15, 0.2) is 36.7 Å². The summed E-state index contributed by atoms with van der Waals surface area (Å²) in [4.78, 5) is 9.19. The van der Waals surface area contributed by atoms with E-state index < -0.39 is 10.0 Å². The molecule has 2 aliphatic heterocycles. The number of sulfonamides is 1. The number of hydrogen-bond donors (Lipinski definition) is 1. The number of benzene rings is 1. The molecule has 4 heterocycles. The Balaban J connectivity index is 1.32. The van der Waals surface area contributed by atoms with Crippen LogP contribution in [-0.4, -0.2) is 53.1 Å². The molecule has 0 spiro atoms. The minimum Gasteiger partial charge on any atom is -0.354 e. The van der Waals surface area contributed by atoms with Crippen molar-refractivity contribution in [2.24, 2.45) is 5.92 Å². The topological polar surface area (TPSA) is 80.1 Å². The van der Waals surface area contributed by atoms with E-state index in [2.05, 4.69) is 39.3 Å². The Kier molecular flexibility index (Phi) is 4.99. The van der Waals surface area contributed by atoms with Gasteiger partial charge in [0.2, 0.25) is 16.0 Å². The van der Waals surface area contributed by atoms with Crippen molar-refractivity contribution >= 4 is 26.9 Å². The highest BCUT2D eigenvalue weighted by Crippen LogP contribution is 2.34. The Hall–Kier alpha value is -2.45. The molecule has 0 amide bonds. The first-order chi connectivity index (χ1) is 14.5.